The number of anilines is 1. The van der Waals surface area contributed by atoms with E-state index in [4.69, 9.17) is 11.6 Å². The van der Waals surface area contributed by atoms with E-state index in [9.17, 15) is 9.59 Å². The molecule has 0 radical (unpaired) electrons. The summed E-state index contributed by atoms with van der Waals surface area (Å²) < 4.78 is 0.960. The maximum Gasteiger partial charge on any atom is 0.225 e. The van der Waals surface area contributed by atoms with Crippen molar-refractivity contribution in [1.82, 2.24) is 10.2 Å². The molecule has 2 amide bonds. The SMILES string of the molecule is CC(=O)NC(CC(=O)N1CCN(c2cccc(Cl)c2)CC1)c1ccc(Br)cc1. The quantitative estimate of drug-likeness (QED) is 0.727. The number of rotatable bonds is 5. The van der Waals surface area contributed by atoms with Crippen molar-refractivity contribution < 1.29 is 9.59 Å². The standard InChI is InChI=1S/C21H23BrClN3O2/c1-15(27)24-20(16-5-7-17(22)8-6-16)14-21(28)26-11-9-25(10-12-26)19-4-2-3-18(23)13-19/h2-8,13,20H,9-12,14H2,1H3,(H,24,27). The third-order valence-corrected chi connectivity index (χ3v) is 5.60. The summed E-state index contributed by atoms with van der Waals surface area (Å²) >= 11 is 9.49. The van der Waals surface area contributed by atoms with Gasteiger partial charge in [0.2, 0.25) is 11.8 Å². The summed E-state index contributed by atoms with van der Waals surface area (Å²) in [7, 11) is 0. The largest absolute Gasteiger partial charge is 0.368 e. The Kier molecular flexibility index (Phi) is 6.97. The first-order valence-electron chi connectivity index (χ1n) is 9.23. The van der Waals surface area contributed by atoms with E-state index in [1.54, 1.807) is 0 Å². The molecule has 0 saturated carbocycles. The molecular weight excluding hydrogens is 442 g/mol. The molecule has 1 aliphatic heterocycles. The number of halogens is 2. The maximum atomic E-state index is 12.9. The minimum absolute atomic E-state index is 0.0485. The molecule has 1 fully saturated rings. The molecule has 1 atom stereocenters. The Hall–Kier alpha value is -2.05. The van der Waals surface area contributed by atoms with Crippen LogP contribution in [-0.4, -0.2) is 42.9 Å². The number of carbonyl (C=O) groups excluding carboxylic acids is 2. The van der Waals surface area contributed by atoms with Crippen molar-refractivity contribution in [3.8, 4) is 0 Å². The summed E-state index contributed by atoms with van der Waals surface area (Å²) in [6.45, 7) is 4.29. The highest BCUT2D eigenvalue weighted by atomic mass is 79.9. The molecule has 0 aliphatic carbocycles. The van der Waals surface area contributed by atoms with Crippen molar-refractivity contribution in [1.29, 1.82) is 0 Å². The van der Waals surface area contributed by atoms with E-state index in [2.05, 4.69) is 26.1 Å². The van der Waals surface area contributed by atoms with E-state index >= 15 is 0 Å². The van der Waals surface area contributed by atoms with Gasteiger partial charge < -0.3 is 15.1 Å². The van der Waals surface area contributed by atoms with Gasteiger partial charge in [-0.05, 0) is 35.9 Å². The van der Waals surface area contributed by atoms with Crippen molar-refractivity contribution in [3.05, 3.63) is 63.6 Å². The first kappa shape index (κ1) is 20.7. The first-order chi connectivity index (χ1) is 13.4. The lowest BCUT2D eigenvalue weighted by Gasteiger charge is -2.36. The lowest BCUT2D eigenvalue weighted by Crippen LogP contribution is -2.49. The summed E-state index contributed by atoms with van der Waals surface area (Å²) in [6.07, 6.45) is 0.248. The average Bonchev–Trinajstić information content (AvgIpc) is 2.68. The first-order valence-corrected chi connectivity index (χ1v) is 10.4. The van der Waals surface area contributed by atoms with Gasteiger partial charge in [0.05, 0.1) is 12.5 Å². The zero-order chi connectivity index (χ0) is 20.1. The minimum Gasteiger partial charge on any atom is -0.368 e. The van der Waals surface area contributed by atoms with E-state index in [-0.39, 0.29) is 24.3 Å². The van der Waals surface area contributed by atoms with Gasteiger partial charge in [-0.25, -0.2) is 0 Å². The van der Waals surface area contributed by atoms with Crippen LogP contribution in [0.25, 0.3) is 0 Å². The third kappa shape index (κ3) is 5.49. The van der Waals surface area contributed by atoms with E-state index in [0.29, 0.717) is 18.1 Å². The van der Waals surface area contributed by atoms with Crippen LogP contribution in [0.1, 0.15) is 24.9 Å². The average molecular weight is 465 g/mol. The second kappa shape index (κ2) is 9.43. The molecule has 2 aromatic carbocycles. The predicted molar refractivity (Wildman–Crippen MR) is 116 cm³/mol. The Morgan fingerprint density at radius 1 is 1.11 bits per heavy atom. The zero-order valence-electron chi connectivity index (χ0n) is 15.7. The van der Waals surface area contributed by atoms with E-state index in [1.165, 1.54) is 6.92 Å². The van der Waals surface area contributed by atoms with Gasteiger partial charge in [-0.3, -0.25) is 9.59 Å². The van der Waals surface area contributed by atoms with Gasteiger partial charge >= 0.3 is 0 Å². The van der Waals surface area contributed by atoms with Crippen molar-refractivity contribution in [3.63, 3.8) is 0 Å². The lowest BCUT2D eigenvalue weighted by atomic mass is 10.0. The Bertz CT molecular complexity index is 836. The van der Waals surface area contributed by atoms with Crippen molar-refractivity contribution in [2.24, 2.45) is 0 Å². The van der Waals surface area contributed by atoms with E-state index in [1.807, 2.05) is 53.4 Å². The number of piperazine rings is 1. The van der Waals surface area contributed by atoms with Crippen LogP contribution >= 0.6 is 27.5 Å². The topological polar surface area (TPSA) is 52.7 Å². The van der Waals surface area contributed by atoms with Crippen molar-refractivity contribution in [2.45, 2.75) is 19.4 Å². The Labute approximate surface area is 178 Å². The van der Waals surface area contributed by atoms with Crippen LogP contribution in [0.3, 0.4) is 0 Å². The summed E-state index contributed by atoms with van der Waals surface area (Å²) in [6, 6.07) is 15.1. The molecule has 0 bridgehead atoms. The normalized spacial score (nSPS) is 15.2. The molecule has 1 heterocycles. The van der Waals surface area contributed by atoms with Gasteiger partial charge in [-0.1, -0.05) is 45.7 Å². The van der Waals surface area contributed by atoms with Gasteiger partial charge in [0.25, 0.3) is 0 Å². The van der Waals surface area contributed by atoms with Crippen LogP contribution in [0.4, 0.5) is 5.69 Å². The molecule has 28 heavy (non-hydrogen) atoms. The second-order valence-corrected chi connectivity index (χ2v) is 8.21. The monoisotopic (exact) mass is 463 g/mol. The Morgan fingerprint density at radius 3 is 2.39 bits per heavy atom. The molecule has 0 aromatic heterocycles. The van der Waals surface area contributed by atoms with E-state index in [0.717, 1.165) is 28.8 Å². The summed E-state index contributed by atoms with van der Waals surface area (Å²) in [5.41, 5.74) is 2.00. The highest BCUT2D eigenvalue weighted by Crippen LogP contribution is 2.23. The van der Waals surface area contributed by atoms with Crippen LogP contribution in [0.2, 0.25) is 5.02 Å². The van der Waals surface area contributed by atoms with Crippen molar-refractivity contribution >= 4 is 45.0 Å². The molecule has 0 spiro atoms. The van der Waals surface area contributed by atoms with Gasteiger partial charge in [0.1, 0.15) is 0 Å². The van der Waals surface area contributed by atoms with Gasteiger partial charge in [-0.15, -0.1) is 0 Å². The molecule has 7 heteroatoms. The summed E-state index contributed by atoms with van der Waals surface area (Å²) in [5, 5.41) is 3.61. The third-order valence-electron chi connectivity index (χ3n) is 4.83. The molecule has 1 aliphatic rings. The molecular formula is C21H23BrClN3O2. The maximum absolute atomic E-state index is 12.9. The van der Waals surface area contributed by atoms with Crippen LogP contribution < -0.4 is 10.2 Å². The minimum atomic E-state index is -0.330. The fraction of sp³-hybridized carbons (Fsp3) is 0.333. The number of benzene rings is 2. The van der Waals surface area contributed by atoms with Crippen molar-refractivity contribution in [2.75, 3.05) is 31.1 Å². The Morgan fingerprint density at radius 2 is 1.79 bits per heavy atom. The van der Waals surface area contributed by atoms with Crippen LogP contribution in [0.15, 0.2) is 53.0 Å². The number of hydrogen-bond donors (Lipinski definition) is 1. The molecule has 5 nitrogen and oxygen atoms in total. The molecule has 1 N–H and O–H groups in total. The number of nitrogens with zero attached hydrogens (tertiary/aromatic N) is 2. The molecule has 1 saturated heterocycles. The summed E-state index contributed by atoms with van der Waals surface area (Å²) in [4.78, 5) is 28.6. The van der Waals surface area contributed by atoms with Gasteiger partial charge in [0.15, 0.2) is 0 Å². The number of hydrogen-bond acceptors (Lipinski definition) is 3. The highest BCUT2D eigenvalue weighted by molar-refractivity contribution is 9.10. The fourth-order valence-electron chi connectivity index (χ4n) is 3.38. The van der Waals surface area contributed by atoms with Crippen LogP contribution in [0.5, 0.6) is 0 Å². The zero-order valence-corrected chi connectivity index (χ0v) is 18.0. The van der Waals surface area contributed by atoms with Crippen LogP contribution in [-0.2, 0) is 9.59 Å². The summed E-state index contributed by atoms with van der Waals surface area (Å²) in [5.74, 6) is -0.0982. The second-order valence-electron chi connectivity index (χ2n) is 6.86. The predicted octanol–water partition coefficient (Wildman–Crippen LogP) is 4.02. The molecule has 3 rings (SSSR count). The molecule has 148 valence electrons. The van der Waals surface area contributed by atoms with Crippen LogP contribution in [0, 0.1) is 0 Å². The molecule has 2 aromatic rings. The van der Waals surface area contributed by atoms with Gasteiger partial charge in [-0.2, -0.15) is 0 Å². The lowest BCUT2D eigenvalue weighted by molar-refractivity contribution is -0.132. The number of nitrogens with one attached hydrogen (secondary N) is 1. The molecule has 1 unspecified atom stereocenters. The number of amides is 2. The highest BCUT2D eigenvalue weighted by Gasteiger charge is 2.25. The van der Waals surface area contributed by atoms with Gasteiger partial charge in [0, 0.05) is 48.3 Å². The van der Waals surface area contributed by atoms with E-state index < -0.39 is 0 Å². The smallest absolute Gasteiger partial charge is 0.225 e. The number of carbonyl (C=O) groups is 2. The Balaban J connectivity index is 1.61. The fourth-order valence-corrected chi connectivity index (χ4v) is 3.83.